The molecule has 1 aromatic heterocycles. The summed E-state index contributed by atoms with van der Waals surface area (Å²) < 4.78 is 5.57. The molecule has 0 aliphatic carbocycles. The van der Waals surface area contributed by atoms with Crippen molar-refractivity contribution < 1.29 is 4.74 Å². The lowest BCUT2D eigenvalue weighted by Crippen LogP contribution is -2.32. The second kappa shape index (κ2) is 6.39. The van der Waals surface area contributed by atoms with Gasteiger partial charge in [0.15, 0.2) is 0 Å². The van der Waals surface area contributed by atoms with Crippen LogP contribution in [0, 0.1) is 0 Å². The average molecular weight is 276 g/mol. The summed E-state index contributed by atoms with van der Waals surface area (Å²) in [5, 5.41) is 3.44. The molecule has 0 bridgehead atoms. The third-order valence-electron chi connectivity index (χ3n) is 3.99. The smallest absolute Gasteiger partial charge is 0.227 e. The third-order valence-corrected chi connectivity index (χ3v) is 3.99. The number of nitrogens with one attached hydrogen (secondary N) is 1. The molecule has 1 fully saturated rings. The van der Waals surface area contributed by atoms with Crippen molar-refractivity contribution in [2.45, 2.75) is 45.6 Å². The van der Waals surface area contributed by atoms with E-state index in [9.17, 15) is 0 Å². The Balaban J connectivity index is 1.89. The van der Waals surface area contributed by atoms with Crippen LogP contribution in [-0.4, -0.2) is 36.2 Å². The molecule has 110 valence electrons. The molecule has 5 nitrogen and oxygen atoms in total. The van der Waals surface area contributed by atoms with Gasteiger partial charge in [-0.3, -0.25) is 0 Å². The van der Waals surface area contributed by atoms with Crippen LogP contribution in [0.1, 0.15) is 43.9 Å². The second-order valence-corrected chi connectivity index (χ2v) is 5.57. The van der Waals surface area contributed by atoms with Crippen molar-refractivity contribution in [3.05, 3.63) is 11.3 Å². The highest BCUT2D eigenvalue weighted by molar-refractivity contribution is 5.52. The van der Waals surface area contributed by atoms with Gasteiger partial charge in [0.05, 0.1) is 18.9 Å². The molecule has 1 aromatic rings. The topological polar surface area (TPSA) is 50.3 Å². The Bertz CT molecular complexity index is 457. The maximum Gasteiger partial charge on any atom is 0.227 e. The Morgan fingerprint density at radius 2 is 2.05 bits per heavy atom. The van der Waals surface area contributed by atoms with Crippen molar-refractivity contribution >= 4 is 11.8 Å². The van der Waals surface area contributed by atoms with Gasteiger partial charge >= 0.3 is 0 Å². The number of hydrogen-bond donors (Lipinski definition) is 1. The molecule has 3 rings (SSSR count). The fraction of sp³-hybridized carbons (Fsp3) is 0.733. The lowest BCUT2D eigenvalue weighted by Gasteiger charge is -2.29. The van der Waals surface area contributed by atoms with E-state index < -0.39 is 0 Å². The minimum Gasteiger partial charge on any atom is -0.376 e. The van der Waals surface area contributed by atoms with E-state index in [1.165, 1.54) is 25.0 Å². The fourth-order valence-electron chi connectivity index (χ4n) is 2.84. The summed E-state index contributed by atoms with van der Waals surface area (Å²) in [5.41, 5.74) is 2.33. The average Bonchev–Trinajstić information content (AvgIpc) is 2.53. The summed E-state index contributed by atoms with van der Waals surface area (Å²) in [5.74, 6) is 1.89. The lowest BCUT2D eigenvalue weighted by atomic mass is 10.1. The minimum absolute atomic E-state index is 0.641. The summed E-state index contributed by atoms with van der Waals surface area (Å²) in [6.07, 6.45) is 5.83. The van der Waals surface area contributed by atoms with Crippen molar-refractivity contribution in [3.63, 3.8) is 0 Å². The van der Waals surface area contributed by atoms with E-state index in [-0.39, 0.29) is 0 Å². The van der Waals surface area contributed by atoms with E-state index in [1.807, 2.05) is 0 Å². The maximum absolute atomic E-state index is 5.57. The highest BCUT2D eigenvalue weighted by Gasteiger charge is 2.21. The largest absolute Gasteiger partial charge is 0.376 e. The van der Waals surface area contributed by atoms with Crippen LogP contribution < -0.4 is 10.2 Å². The Labute approximate surface area is 120 Å². The molecule has 0 amide bonds. The number of hydrogen-bond acceptors (Lipinski definition) is 5. The van der Waals surface area contributed by atoms with Crippen LogP contribution in [0.3, 0.4) is 0 Å². The van der Waals surface area contributed by atoms with Gasteiger partial charge in [-0.1, -0.05) is 6.92 Å². The Hall–Kier alpha value is -1.36. The molecule has 0 saturated carbocycles. The van der Waals surface area contributed by atoms with E-state index in [2.05, 4.69) is 17.1 Å². The van der Waals surface area contributed by atoms with Crippen molar-refractivity contribution in [2.75, 3.05) is 36.5 Å². The molecule has 1 saturated heterocycles. The molecule has 0 aromatic carbocycles. The van der Waals surface area contributed by atoms with E-state index in [0.717, 1.165) is 56.4 Å². The number of ether oxygens (including phenoxy) is 1. The molecule has 1 N–H and O–H groups in total. The van der Waals surface area contributed by atoms with E-state index in [1.54, 1.807) is 0 Å². The number of aromatic nitrogens is 2. The molecule has 2 aliphatic rings. The van der Waals surface area contributed by atoms with Gasteiger partial charge in [0.2, 0.25) is 5.95 Å². The Kier molecular flexibility index (Phi) is 4.35. The van der Waals surface area contributed by atoms with Crippen molar-refractivity contribution in [2.24, 2.45) is 0 Å². The number of anilines is 2. The van der Waals surface area contributed by atoms with Crippen LogP contribution in [0.15, 0.2) is 0 Å². The predicted octanol–water partition coefficient (Wildman–Crippen LogP) is 2.36. The molecule has 2 aliphatic heterocycles. The van der Waals surface area contributed by atoms with Crippen LogP contribution in [0.2, 0.25) is 0 Å². The lowest BCUT2D eigenvalue weighted by molar-refractivity contribution is 0.109. The first-order valence-electron chi connectivity index (χ1n) is 7.85. The molecule has 0 radical (unpaired) electrons. The zero-order valence-corrected chi connectivity index (χ0v) is 12.3. The van der Waals surface area contributed by atoms with E-state index >= 15 is 0 Å². The van der Waals surface area contributed by atoms with Crippen LogP contribution in [-0.2, 0) is 17.8 Å². The summed E-state index contributed by atoms with van der Waals surface area (Å²) in [6.45, 7) is 6.70. The van der Waals surface area contributed by atoms with E-state index in [0.29, 0.717) is 6.61 Å². The van der Waals surface area contributed by atoms with Crippen molar-refractivity contribution in [1.82, 2.24) is 9.97 Å². The fourth-order valence-corrected chi connectivity index (χ4v) is 2.84. The number of nitrogens with zero attached hydrogens (tertiary/aromatic N) is 3. The van der Waals surface area contributed by atoms with Crippen LogP contribution >= 0.6 is 0 Å². The minimum atomic E-state index is 0.641. The van der Waals surface area contributed by atoms with Gasteiger partial charge < -0.3 is 15.0 Å². The van der Waals surface area contributed by atoms with Gasteiger partial charge in [0.1, 0.15) is 5.82 Å². The molecule has 0 unspecified atom stereocenters. The summed E-state index contributed by atoms with van der Waals surface area (Å²) in [4.78, 5) is 11.9. The first-order chi connectivity index (χ1) is 9.88. The first kappa shape index (κ1) is 13.6. The quantitative estimate of drug-likeness (QED) is 0.915. The molecule has 5 heteroatoms. The van der Waals surface area contributed by atoms with Gasteiger partial charge in [-0.15, -0.1) is 0 Å². The number of rotatable bonds is 4. The summed E-state index contributed by atoms with van der Waals surface area (Å²) in [6, 6.07) is 0. The summed E-state index contributed by atoms with van der Waals surface area (Å²) >= 11 is 0. The zero-order chi connectivity index (χ0) is 13.8. The third kappa shape index (κ3) is 2.87. The van der Waals surface area contributed by atoms with E-state index in [4.69, 9.17) is 14.7 Å². The standard InChI is InChI=1S/C15H24N4O/c1-2-7-16-14-12-11-20-10-6-13(12)17-15(18-14)19-8-4-3-5-9-19/h2-11H2,1H3,(H,16,17,18). The van der Waals surface area contributed by atoms with Crippen molar-refractivity contribution in [1.29, 1.82) is 0 Å². The molecule has 20 heavy (non-hydrogen) atoms. The Morgan fingerprint density at radius 3 is 2.85 bits per heavy atom. The first-order valence-corrected chi connectivity index (χ1v) is 7.85. The normalized spacial score (nSPS) is 18.8. The van der Waals surface area contributed by atoms with Gasteiger partial charge in [-0.05, 0) is 25.7 Å². The molecule has 0 spiro atoms. The highest BCUT2D eigenvalue weighted by Crippen LogP contribution is 2.26. The number of piperidine rings is 1. The SMILES string of the molecule is CCCNc1nc(N2CCCCC2)nc2c1COCC2. The van der Waals surface area contributed by atoms with Crippen LogP contribution in [0.25, 0.3) is 0 Å². The zero-order valence-electron chi connectivity index (χ0n) is 12.3. The van der Waals surface area contributed by atoms with Crippen molar-refractivity contribution in [3.8, 4) is 0 Å². The van der Waals surface area contributed by atoms with Gasteiger partial charge in [0, 0.05) is 31.6 Å². The second-order valence-electron chi connectivity index (χ2n) is 5.57. The van der Waals surface area contributed by atoms with Crippen LogP contribution in [0.5, 0.6) is 0 Å². The predicted molar refractivity (Wildman–Crippen MR) is 80.2 cm³/mol. The van der Waals surface area contributed by atoms with Crippen LogP contribution in [0.4, 0.5) is 11.8 Å². The maximum atomic E-state index is 5.57. The highest BCUT2D eigenvalue weighted by atomic mass is 16.5. The van der Waals surface area contributed by atoms with Gasteiger partial charge in [0.25, 0.3) is 0 Å². The number of fused-ring (bicyclic) bond motifs is 1. The molecule has 3 heterocycles. The molecular formula is C15H24N4O. The summed E-state index contributed by atoms with van der Waals surface area (Å²) in [7, 11) is 0. The monoisotopic (exact) mass is 276 g/mol. The van der Waals surface area contributed by atoms with Gasteiger partial charge in [-0.2, -0.15) is 4.98 Å². The Morgan fingerprint density at radius 1 is 1.20 bits per heavy atom. The molecular weight excluding hydrogens is 252 g/mol. The van der Waals surface area contributed by atoms with Gasteiger partial charge in [-0.25, -0.2) is 4.98 Å². The molecule has 0 atom stereocenters.